The zero-order valence-electron chi connectivity index (χ0n) is 13.6. The molecular formula is C14H24N2O4Si. The second-order valence-corrected chi connectivity index (χ2v) is 11.0. The van der Waals surface area contributed by atoms with E-state index < -0.39 is 31.9 Å². The summed E-state index contributed by atoms with van der Waals surface area (Å²) in [6.45, 7) is 13.7. The van der Waals surface area contributed by atoms with Crippen LogP contribution in [-0.4, -0.2) is 43.8 Å². The van der Waals surface area contributed by atoms with Gasteiger partial charge in [0.15, 0.2) is 8.32 Å². The maximum absolute atomic E-state index is 12.3. The molecule has 0 aromatic rings. The van der Waals surface area contributed by atoms with Crippen LogP contribution in [0.2, 0.25) is 18.1 Å². The van der Waals surface area contributed by atoms with E-state index in [1.807, 2.05) is 33.9 Å². The van der Waals surface area contributed by atoms with E-state index in [9.17, 15) is 9.59 Å². The maximum Gasteiger partial charge on any atom is 0.444 e. The summed E-state index contributed by atoms with van der Waals surface area (Å²) in [5, 5.41) is -0.103. The molecule has 0 aliphatic carbocycles. The van der Waals surface area contributed by atoms with E-state index in [1.54, 1.807) is 0 Å². The van der Waals surface area contributed by atoms with Crippen molar-refractivity contribution in [1.82, 2.24) is 0 Å². The van der Waals surface area contributed by atoms with E-state index in [2.05, 4.69) is 16.1 Å². The van der Waals surface area contributed by atoms with Crippen LogP contribution >= 0.6 is 0 Å². The Hall–Kier alpha value is -1.56. The summed E-state index contributed by atoms with van der Waals surface area (Å²) < 4.78 is 10.4. The number of nitrogens with zero attached hydrogens (tertiary/aromatic N) is 2. The summed E-state index contributed by atoms with van der Waals surface area (Å²) >= 11 is 0. The summed E-state index contributed by atoms with van der Waals surface area (Å²) in [5.74, 6) is -1.69. The molecule has 0 aliphatic heterocycles. The van der Waals surface area contributed by atoms with E-state index in [0.29, 0.717) is 0 Å². The topological polar surface area (TPSA) is 89.0 Å². The molecule has 118 valence electrons. The van der Waals surface area contributed by atoms with Crippen LogP contribution < -0.4 is 0 Å². The molecule has 0 N–H and O–H groups in total. The molecule has 0 heterocycles. The molecule has 0 unspecified atom stereocenters. The van der Waals surface area contributed by atoms with Crippen LogP contribution in [0.25, 0.3) is 5.53 Å². The van der Waals surface area contributed by atoms with E-state index in [0.717, 1.165) is 7.11 Å². The minimum Gasteiger partial charge on any atom is -0.460 e. The molecule has 0 aromatic carbocycles. The predicted molar refractivity (Wildman–Crippen MR) is 82.5 cm³/mol. The highest BCUT2D eigenvalue weighted by molar-refractivity contribution is 6.74. The molecule has 0 radical (unpaired) electrons. The quantitative estimate of drug-likeness (QED) is 0.137. The summed E-state index contributed by atoms with van der Waals surface area (Å²) in [6, 6.07) is 0. The van der Waals surface area contributed by atoms with Crippen LogP contribution in [0, 0.1) is 0 Å². The SMILES string of the molecule is C=CC[C@H](O[Si](C)(C)C(C)(C)C)C(=O)C(=[N+]=[N-])C(=O)OC. The standard InChI is InChI=1S/C14H24N2O4Si/c1-8-9-10(20-21(6,7)14(2,3)4)12(17)11(16-15)13(18)19-5/h8,10H,1,9H2,2-7H3/t10-/m0/s1. The van der Waals surface area contributed by atoms with Crippen molar-refractivity contribution in [1.29, 1.82) is 0 Å². The molecule has 21 heavy (non-hydrogen) atoms. The average Bonchev–Trinajstić information content (AvgIpc) is 2.37. The molecule has 0 saturated heterocycles. The highest BCUT2D eigenvalue weighted by Gasteiger charge is 2.44. The van der Waals surface area contributed by atoms with Gasteiger partial charge >= 0.3 is 11.7 Å². The number of carbonyl (C=O) groups is 2. The van der Waals surface area contributed by atoms with Crippen LogP contribution in [0.1, 0.15) is 27.2 Å². The molecule has 0 rings (SSSR count). The van der Waals surface area contributed by atoms with Gasteiger partial charge in [0.25, 0.3) is 5.78 Å². The smallest absolute Gasteiger partial charge is 0.444 e. The number of hydrogen-bond donors (Lipinski definition) is 0. The molecule has 0 aliphatic rings. The molecular weight excluding hydrogens is 288 g/mol. The Morgan fingerprint density at radius 3 is 2.24 bits per heavy atom. The first-order valence-corrected chi connectivity index (χ1v) is 9.56. The first kappa shape index (κ1) is 19.4. The van der Waals surface area contributed by atoms with Gasteiger partial charge in [0, 0.05) is 0 Å². The molecule has 0 fully saturated rings. The Morgan fingerprint density at radius 2 is 1.90 bits per heavy atom. The first-order chi connectivity index (χ1) is 9.51. The number of esters is 1. The third kappa shape index (κ3) is 5.04. The maximum atomic E-state index is 12.3. The van der Waals surface area contributed by atoms with Crippen LogP contribution in [0.5, 0.6) is 0 Å². The molecule has 0 saturated carbocycles. The summed E-state index contributed by atoms with van der Waals surface area (Å²) in [5.41, 5.74) is 8.21. The van der Waals surface area contributed by atoms with E-state index in [4.69, 9.17) is 9.96 Å². The van der Waals surface area contributed by atoms with Crippen LogP contribution in [0.15, 0.2) is 12.7 Å². The third-order valence-corrected chi connectivity index (χ3v) is 8.11. The average molecular weight is 312 g/mol. The van der Waals surface area contributed by atoms with Crippen molar-refractivity contribution < 1.29 is 23.5 Å². The monoisotopic (exact) mass is 312 g/mol. The van der Waals surface area contributed by atoms with Crippen molar-refractivity contribution in [3.05, 3.63) is 18.2 Å². The van der Waals surface area contributed by atoms with Crippen molar-refractivity contribution in [3.63, 3.8) is 0 Å². The number of carbonyl (C=O) groups excluding carboxylic acids is 2. The lowest BCUT2D eigenvalue weighted by Gasteiger charge is -2.38. The molecule has 0 aromatic heterocycles. The van der Waals surface area contributed by atoms with Crippen molar-refractivity contribution in [3.8, 4) is 0 Å². The number of ether oxygens (including phenoxy) is 1. The fraction of sp³-hybridized carbons (Fsp3) is 0.643. The number of hydrogen-bond acceptors (Lipinski definition) is 4. The Kier molecular flexibility index (Phi) is 6.89. The normalized spacial score (nSPS) is 13.0. The van der Waals surface area contributed by atoms with E-state index in [-0.39, 0.29) is 11.5 Å². The fourth-order valence-corrected chi connectivity index (χ4v) is 2.60. The van der Waals surface area contributed by atoms with Crippen LogP contribution in [0.3, 0.4) is 0 Å². The lowest BCUT2D eigenvalue weighted by atomic mass is 10.1. The van der Waals surface area contributed by atoms with Gasteiger partial charge in [0.1, 0.15) is 6.10 Å². The lowest BCUT2D eigenvalue weighted by molar-refractivity contribution is -0.141. The Labute approximate surface area is 126 Å². The van der Waals surface area contributed by atoms with Gasteiger partial charge in [-0.3, -0.25) is 4.79 Å². The van der Waals surface area contributed by atoms with Gasteiger partial charge in [-0.1, -0.05) is 26.8 Å². The molecule has 7 heteroatoms. The molecule has 6 nitrogen and oxygen atoms in total. The summed E-state index contributed by atoms with van der Waals surface area (Å²) in [7, 11) is -1.12. The van der Waals surface area contributed by atoms with Gasteiger partial charge in [0.2, 0.25) is 0 Å². The van der Waals surface area contributed by atoms with Gasteiger partial charge < -0.3 is 14.7 Å². The van der Waals surface area contributed by atoms with Crippen molar-refractivity contribution in [2.24, 2.45) is 0 Å². The molecule has 0 amide bonds. The predicted octanol–water partition coefficient (Wildman–Crippen LogP) is 2.37. The zero-order chi connectivity index (χ0) is 16.8. The second kappa shape index (κ2) is 7.45. The highest BCUT2D eigenvalue weighted by Crippen LogP contribution is 2.37. The molecule has 0 bridgehead atoms. The van der Waals surface area contributed by atoms with Gasteiger partial charge in [-0.05, 0) is 24.6 Å². The summed E-state index contributed by atoms with van der Waals surface area (Å²) in [4.78, 5) is 26.5. The highest BCUT2D eigenvalue weighted by atomic mass is 28.4. The fourth-order valence-electron chi connectivity index (χ4n) is 1.33. The second-order valence-electron chi connectivity index (χ2n) is 6.20. The van der Waals surface area contributed by atoms with Crippen LogP contribution in [-0.2, 0) is 18.8 Å². The Bertz CT molecular complexity index is 474. The van der Waals surface area contributed by atoms with Gasteiger partial charge in [-0.25, -0.2) is 4.79 Å². The zero-order valence-corrected chi connectivity index (χ0v) is 14.6. The Balaban J connectivity index is 5.43. The number of rotatable bonds is 7. The summed E-state index contributed by atoms with van der Waals surface area (Å²) in [6.07, 6.45) is 0.844. The van der Waals surface area contributed by atoms with Crippen molar-refractivity contribution in [2.75, 3.05) is 7.11 Å². The van der Waals surface area contributed by atoms with Gasteiger partial charge in [0.05, 0.1) is 7.11 Å². The Morgan fingerprint density at radius 1 is 1.38 bits per heavy atom. The van der Waals surface area contributed by atoms with Crippen molar-refractivity contribution >= 4 is 25.8 Å². The van der Waals surface area contributed by atoms with Crippen molar-refractivity contribution in [2.45, 2.75) is 51.4 Å². The number of methoxy groups -OCH3 is 1. The third-order valence-electron chi connectivity index (χ3n) is 3.63. The minimum absolute atomic E-state index is 0.103. The largest absolute Gasteiger partial charge is 0.460 e. The molecule has 1 atom stereocenters. The van der Waals surface area contributed by atoms with Gasteiger partial charge in [-0.2, -0.15) is 4.79 Å². The van der Waals surface area contributed by atoms with Gasteiger partial charge in [-0.15, -0.1) is 6.58 Å². The molecule has 0 spiro atoms. The first-order valence-electron chi connectivity index (χ1n) is 6.65. The van der Waals surface area contributed by atoms with E-state index >= 15 is 0 Å². The number of Topliss-reactive ketones (excluding diaryl/α,β-unsaturated/α-hetero) is 1. The van der Waals surface area contributed by atoms with E-state index in [1.165, 1.54) is 6.08 Å². The minimum atomic E-state index is -2.23. The number of ketones is 1. The lowest BCUT2D eigenvalue weighted by Crippen LogP contribution is -2.48. The van der Waals surface area contributed by atoms with Crippen LogP contribution in [0.4, 0.5) is 0 Å².